The van der Waals surface area contributed by atoms with Gasteiger partial charge in [0.15, 0.2) is 28.0 Å². The Morgan fingerprint density at radius 3 is 2.00 bits per heavy atom. The van der Waals surface area contributed by atoms with E-state index in [1.54, 1.807) is 0 Å². The highest BCUT2D eigenvalue weighted by atomic mass is 28.4. The third kappa shape index (κ3) is 4.04. The second-order valence-corrected chi connectivity index (χ2v) is 24.3. The summed E-state index contributed by atoms with van der Waals surface area (Å²) in [7, 11) is -3.91. The van der Waals surface area contributed by atoms with E-state index in [4.69, 9.17) is 13.6 Å². The van der Waals surface area contributed by atoms with Crippen LogP contribution in [-0.4, -0.2) is 46.8 Å². The number of Topliss-reactive ketones (excluding diaryl/α,β-unsaturated/α-hetero) is 1. The average Bonchev–Trinajstić information content (AvgIpc) is 3.29. The van der Waals surface area contributed by atoms with Crippen LogP contribution in [0.2, 0.25) is 36.3 Å². The molecule has 186 valence electrons. The Bertz CT molecular complexity index is 765. The van der Waals surface area contributed by atoms with Gasteiger partial charge < -0.3 is 13.6 Å². The minimum Gasteiger partial charge on any atom is -0.416 e. The molecule has 4 nitrogen and oxygen atoms in total. The summed E-state index contributed by atoms with van der Waals surface area (Å²) in [5, 5.41) is 0.299. The predicted molar refractivity (Wildman–Crippen MR) is 137 cm³/mol. The van der Waals surface area contributed by atoms with E-state index < -0.39 is 22.2 Å². The fourth-order valence-electron chi connectivity index (χ4n) is 5.68. The highest BCUT2D eigenvalue weighted by Crippen LogP contribution is 2.64. The number of epoxide rings is 1. The summed E-state index contributed by atoms with van der Waals surface area (Å²) in [4.78, 5) is 13.7. The molecule has 0 spiro atoms. The number of rotatable bonds is 5. The van der Waals surface area contributed by atoms with E-state index in [-0.39, 0.29) is 39.0 Å². The van der Waals surface area contributed by atoms with Crippen molar-refractivity contribution in [1.82, 2.24) is 0 Å². The van der Waals surface area contributed by atoms with E-state index in [1.807, 2.05) is 6.92 Å². The molecule has 3 aliphatic rings. The molecule has 0 radical (unpaired) electrons. The minimum atomic E-state index is -1.97. The Hall–Kier alpha value is -0.0162. The van der Waals surface area contributed by atoms with Gasteiger partial charge in [0.2, 0.25) is 0 Å². The molecule has 0 aromatic rings. The summed E-state index contributed by atoms with van der Waals surface area (Å²) >= 11 is 0. The summed E-state index contributed by atoms with van der Waals surface area (Å²) in [5.41, 5.74) is -1.12. The topological polar surface area (TPSA) is 48.1 Å². The smallest absolute Gasteiger partial charge is 0.192 e. The Balaban J connectivity index is 1.99. The number of carbonyl (C=O) groups excluding carboxylic acids is 1. The molecule has 0 aromatic heterocycles. The second kappa shape index (κ2) is 7.49. The van der Waals surface area contributed by atoms with Gasteiger partial charge in [-0.2, -0.15) is 0 Å². The van der Waals surface area contributed by atoms with E-state index in [0.717, 1.165) is 19.3 Å². The molecular weight excluding hydrogens is 432 g/mol. The highest BCUT2D eigenvalue weighted by molar-refractivity contribution is 6.74. The molecule has 0 N–H and O–H groups in total. The van der Waals surface area contributed by atoms with Gasteiger partial charge in [-0.25, -0.2) is 0 Å². The molecule has 0 bridgehead atoms. The predicted octanol–water partition coefficient (Wildman–Crippen LogP) is 6.95. The first-order chi connectivity index (χ1) is 14.1. The van der Waals surface area contributed by atoms with Gasteiger partial charge >= 0.3 is 0 Å². The molecule has 3 fully saturated rings. The van der Waals surface area contributed by atoms with Crippen molar-refractivity contribution in [2.75, 3.05) is 6.61 Å². The first-order valence-corrected chi connectivity index (χ1v) is 18.5. The zero-order valence-electron chi connectivity index (χ0n) is 23.2. The lowest BCUT2D eigenvalue weighted by Gasteiger charge is -2.59. The van der Waals surface area contributed by atoms with Crippen LogP contribution >= 0.6 is 0 Å². The van der Waals surface area contributed by atoms with E-state index in [1.165, 1.54) is 0 Å². The Kier molecular flexibility index (Phi) is 6.22. The lowest BCUT2D eigenvalue weighted by Crippen LogP contribution is -2.64. The number of hydrogen-bond acceptors (Lipinski definition) is 4. The fourth-order valence-corrected chi connectivity index (χ4v) is 8.23. The lowest BCUT2D eigenvalue weighted by atomic mass is 9.48. The summed E-state index contributed by atoms with van der Waals surface area (Å²) in [6, 6.07) is 0. The monoisotopic (exact) mass is 482 g/mol. The van der Waals surface area contributed by atoms with Crippen molar-refractivity contribution in [2.45, 2.75) is 136 Å². The molecule has 3 rings (SSSR count). The van der Waals surface area contributed by atoms with Crippen molar-refractivity contribution in [3.63, 3.8) is 0 Å². The Labute approximate surface area is 199 Å². The first-order valence-electron chi connectivity index (χ1n) is 12.7. The molecule has 0 aromatic carbocycles. The molecule has 6 heteroatoms. The van der Waals surface area contributed by atoms with Crippen LogP contribution in [0.3, 0.4) is 0 Å². The third-order valence-electron chi connectivity index (χ3n) is 10.4. The van der Waals surface area contributed by atoms with Crippen LogP contribution in [0.5, 0.6) is 0 Å². The number of ether oxygens (including phenoxy) is 1. The lowest BCUT2D eigenvalue weighted by molar-refractivity contribution is -0.161. The fraction of sp³-hybridized carbons (Fsp3) is 0.962. The molecule has 1 aliphatic heterocycles. The summed E-state index contributed by atoms with van der Waals surface area (Å²) < 4.78 is 20.0. The molecule has 1 saturated heterocycles. The van der Waals surface area contributed by atoms with Crippen LogP contribution in [0, 0.1) is 16.7 Å². The average molecular weight is 483 g/mol. The van der Waals surface area contributed by atoms with Crippen LogP contribution in [0.1, 0.15) is 81.6 Å². The maximum Gasteiger partial charge on any atom is 0.192 e. The maximum atomic E-state index is 13.7. The first kappa shape index (κ1) is 26.6. The van der Waals surface area contributed by atoms with Gasteiger partial charge in [-0.15, -0.1) is 0 Å². The number of fused-ring (bicyclic) bond motifs is 2. The molecule has 0 amide bonds. The number of ketones is 1. The van der Waals surface area contributed by atoms with Crippen molar-refractivity contribution in [2.24, 2.45) is 16.7 Å². The van der Waals surface area contributed by atoms with Crippen LogP contribution in [0.4, 0.5) is 0 Å². The van der Waals surface area contributed by atoms with Crippen molar-refractivity contribution in [1.29, 1.82) is 0 Å². The molecular formula is C26H50O4Si2. The van der Waals surface area contributed by atoms with Gasteiger partial charge in [-0.3, -0.25) is 4.79 Å². The zero-order chi connectivity index (χ0) is 24.8. The van der Waals surface area contributed by atoms with Gasteiger partial charge in [-0.1, -0.05) is 55.4 Å². The molecule has 1 heterocycles. The quantitative estimate of drug-likeness (QED) is 0.314. The minimum absolute atomic E-state index is 0.0619. The Morgan fingerprint density at radius 2 is 1.50 bits per heavy atom. The standard InChI is InChI=1S/C26H50O4Si2/c1-22(2,3)31(10,11)28-17-25(8)18-16-20-26(9,29-20)21(27)24(18,7)15-14-19(25)30-32(12,13)23(4,5)6/h18-20H,14-17H2,1-13H3/t18-,19+,20+,24+,25+,26+/m1/s1. The highest BCUT2D eigenvalue weighted by Gasteiger charge is 2.72. The third-order valence-corrected chi connectivity index (χ3v) is 19.3. The summed E-state index contributed by atoms with van der Waals surface area (Å²) in [6.07, 6.45) is 2.92. The van der Waals surface area contributed by atoms with Gasteiger partial charge in [0.05, 0.1) is 12.2 Å². The molecule has 0 unspecified atom stereocenters. The largest absolute Gasteiger partial charge is 0.416 e. The Morgan fingerprint density at radius 1 is 0.969 bits per heavy atom. The molecule has 6 atom stereocenters. The zero-order valence-corrected chi connectivity index (χ0v) is 25.2. The van der Waals surface area contributed by atoms with Crippen LogP contribution in [-0.2, 0) is 18.4 Å². The SMILES string of the molecule is CC(C)(C)[Si](C)(C)OC[C@]1(C)[C@@H](O[Si](C)(C)C(C)(C)C)CC[C@]2(C)C(=O)[C@@]3(C)O[C@H]3C[C@@H]12. The van der Waals surface area contributed by atoms with E-state index in [0.29, 0.717) is 12.4 Å². The molecule has 32 heavy (non-hydrogen) atoms. The normalized spacial score (nSPS) is 40.7. The maximum absolute atomic E-state index is 13.7. The van der Waals surface area contributed by atoms with Crippen molar-refractivity contribution < 1.29 is 18.4 Å². The summed E-state index contributed by atoms with van der Waals surface area (Å²) in [6.45, 7) is 30.4. The van der Waals surface area contributed by atoms with Crippen LogP contribution in [0.15, 0.2) is 0 Å². The van der Waals surface area contributed by atoms with Gasteiger partial charge in [0.1, 0.15) is 0 Å². The van der Waals surface area contributed by atoms with Gasteiger partial charge in [-0.05, 0) is 68.4 Å². The summed E-state index contributed by atoms with van der Waals surface area (Å²) in [5.74, 6) is 0.534. The number of carbonyl (C=O) groups is 1. The van der Waals surface area contributed by atoms with E-state index in [2.05, 4.69) is 81.6 Å². The van der Waals surface area contributed by atoms with E-state index >= 15 is 0 Å². The van der Waals surface area contributed by atoms with Crippen molar-refractivity contribution in [3.05, 3.63) is 0 Å². The molecule has 2 saturated carbocycles. The van der Waals surface area contributed by atoms with Crippen LogP contribution < -0.4 is 0 Å². The van der Waals surface area contributed by atoms with Crippen LogP contribution in [0.25, 0.3) is 0 Å². The van der Waals surface area contributed by atoms with E-state index in [9.17, 15) is 4.79 Å². The van der Waals surface area contributed by atoms with Gasteiger partial charge in [0.25, 0.3) is 0 Å². The van der Waals surface area contributed by atoms with Gasteiger partial charge in [0, 0.05) is 17.4 Å². The number of hydrogen-bond donors (Lipinski definition) is 0. The van der Waals surface area contributed by atoms with Crippen molar-refractivity contribution in [3.8, 4) is 0 Å². The van der Waals surface area contributed by atoms with Crippen molar-refractivity contribution >= 4 is 22.4 Å². The second-order valence-electron chi connectivity index (χ2n) is 14.7. The molecule has 2 aliphatic carbocycles.